The highest BCUT2D eigenvalue weighted by atomic mass is 19.1. The quantitative estimate of drug-likeness (QED) is 0.262. The average Bonchev–Trinajstić information content (AvgIpc) is 2.86. The summed E-state index contributed by atoms with van der Waals surface area (Å²) in [5.41, 5.74) is 6.61. The molecule has 1 amide bonds. The zero-order valence-electron chi connectivity index (χ0n) is 21.5. The van der Waals surface area contributed by atoms with Gasteiger partial charge in [-0.1, -0.05) is 43.3 Å². The monoisotopic (exact) mass is 506 g/mol. The molecule has 0 saturated heterocycles. The molecular formula is C29H32F2N4O2. The predicted octanol–water partition coefficient (Wildman–Crippen LogP) is 7.21. The number of amides is 1. The Morgan fingerprint density at radius 3 is 2.57 bits per heavy atom. The van der Waals surface area contributed by atoms with E-state index in [4.69, 9.17) is 0 Å². The summed E-state index contributed by atoms with van der Waals surface area (Å²) in [5.74, 6) is -1.07. The van der Waals surface area contributed by atoms with Crippen LogP contribution in [0.1, 0.15) is 62.8 Å². The topological polar surface area (TPSA) is 68.7 Å². The van der Waals surface area contributed by atoms with E-state index in [1.807, 2.05) is 25.1 Å². The van der Waals surface area contributed by atoms with Crippen molar-refractivity contribution in [1.29, 1.82) is 0 Å². The number of nitrogens with one attached hydrogen (secondary N) is 1. The molecule has 0 bridgehead atoms. The molecule has 194 valence electrons. The van der Waals surface area contributed by atoms with Crippen molar-refractivity contribution in [2.45, 2.75) is 53.0 Å². The molecule has 1 aliphatic carbocycles. The smallest absolute Gasteiger partial charge is 0.224 e. The van der Waals surface area contributed by atoms with Crippen LogP contribution >= 0.6 is 0 Å². The molecule has 8 heteroatoms. The van der Waals surface area contributed by atoms with Gasteiger partial charge in [-0.05, 0) is 79.5 Å². The third-order valence-corrected chi connectivity index (χ3v) is 6.85. The molecular weight excluding hydrogens is 474 g/mol. The molecule has 1 heterocycles. The minimum atomic E-state index is -0.761. The molecule has 3 aromatic rings. The van der Waals surface area contributed by atoms with Crippen molar-refractivity contribution in [1.82, 2.24) is 4.98 Å². The lowest BCUT2D eigenvalue weighted by Gasteiger charge is -2.32. The first kappa shape index (κ1) is 26.3. The number of allylic oxidation sites excluding steroid dienone is 2. The summed E-state index contributed by atoms with van der Waals surface area (Å²) in [7, 11) is 0. The molecule has 2 atom stereocenters. The normalized spacial score (nSPS) is 16.1. The van der Waals surface area contributed by atoms with Crippen molar-refractivity contribution in [2.24, 2.45) is 5.92 Å². The number of rotatable bonds is 7. The van der Waals surface area contributed by atoms with E-state index in [1.54, 1.807) is 11.8 Å². The highest BCUT2D eigenvalue weighted by Gasteiger charge is 2.27. The van der Waals surface area contributed by atoms with Crippen molar-refractivity contribution in [3.63, 3.8) is 0 Å². The molecule has 0 spiro atoms. The lowest BCUT2D eigenvalue weighted by molar-refractivity contribution is -0.117. The van der Waals surface area contributed by atoms with Gasteiger partial charge in [-0.3, -0.25) is 15.4 Å². The van der Waals surface area contributed by atoms with Crippen molar-refractivity contribution in [3.8, 4) is 0 Å². The molecule has 4 rings (SSSR count). The number of aromatic nitrogens is 1. The molecule has 1 aliphatic rings. The number of carbonyl (C=O) groups is 1. The molecule has 6 nitrogen and oxygen atoms in total. The van der Waals surface area contributed by atoms with Gasteiger partial charge in [0.2, 0.25) is 11.9 Å². The number of anilines is 3. The standard InChI is InChI=1S/C29H32F2N4O2/c1-18-12-14-22(15-13-18)24-9-6-5-8-23(24)20(3)34(21(4)36)26-17-25(30)27(16-19(26)2)35(37)33-29-11-7-10-28(31)32-29/h5-11,14,16-18,20,37H,12-13,15H2,1-4H3,(H,32,33)/t18?,20-/m1/s1. The molecule has 1 aromatic heterocycles. The first-order chi connectivity index (χ1) is 17.7. The minimum absolute atomic E-state index is 0.00522. The number of pyridine rings is 1. The maximum Gasteiger partial charge on any atom is 0.224 e. The zero-order valence-corrected chi connectivity index (χ0v) is 21.5. The molecule has 2 aromatic carbocycles. The first-order valence-corrected chi connectivity index (χ1v) is 12.4. The van der Waals surface area contributed by atoms with E-state index in [-0.39, 0.29) is 23.5 Å². The molecule has 37 heavy (non-hydrogen) atoms. The minimum Gasteiger partial charge on any atom is -0.305 e. The maximum atomic E-state index is 15.3. The number of halogens is 2. The van der Waals surface area contributed by atoms with Gasteiger partial charge in [-0.2, -0.15) is 9.56 Å². The van der Waals surface area contributed by atoms with Gasteiger partial charge >= 0.3 is 0 Å². The highest BCUT2D eigenvalue weighted by Crippen LogP contribution is 2.38. The summed E-state index contributed by atoms with van der Waals surface area (Å²) >= 11 is 0. The molecule has 0 fully saturated rings. The molecule has 2 N–H and O–H groups in total. The van der Waals surface area contributed by atoms with Gasteiger partial charge in [0, 0.05) is 13.0 Å². The van der Waals surface area contributed by atoms with Crippen LogP contribution in [0.2, 0.25) is 0 Å². The fraction of sp³-hybridized carbons (Fsp3) is 0.310. The maximum absolute atomic E-state index is 15.3. The Morgan fingerprint density at radius 2 is 1.89 bits per heavy atom. The number of benzene rings is 2. The SMILES string of the molecule is CC(=O)N(c1cc(F)c(N(O)Nc2cccc(F)n2)cc1C)[C@H](C)c1ccccc1C1=CCC(C)CC1. The summed E-state index contributed by atoms with van der Waals surface area (Å²) in [5, 5.41) is 10.9. The predicted molar refractivity (Wildman–Crippen MR) is 142 cm³/mol. The summed E-state index contributed by atoms with van der Waals surface area (Å²) in [6.07, 6.45) is 5.41. The van der Waals surface area contributed by atoms with Gasteiger partial charge in [0.25, 0.3) is 0 Å². The van der Waals surface area contributed by atoms with Crippen LogP contribution in [-0.2, 0) is 4.79 Å². The Hall–Kier alpha value is -3.78. The number of hydrazine groups is 1. The average molecular weight is 507 g/mol. The third kappa shape index (κ3) is 5.80. The van der Waals surface area contributed by atoms with E-state index in [9.17, 15) is 14.4 Å². The second kappa shape index (κ2) is 11.1. The van der Waals surface area contributed by atoms with Gasteiger partial charge in [0.1, 0.15) is 11.5 Å². The van der Waals surface area contributed by atoms with Crippen LogP contribution < -0.4 is 15.5 Å². The van der Waals surface area contributed by atoms with Gasteiger partial charge < -0.3 is 4.90 Å². The van der Waals surface area contributed by atoms with E-state index in [0.29, 0.717) is 22.3 Å². The van der Waals surface area contributed by atoms with Gasteiger partial charge in [-0.15, -0.1) is 0 Å². The van der Waals surface area contributed by atoms with Gasteiger partial charge in [0.15, 0.2) is 5.82 Å². The molecule has 1 unspecified atom stereocenters. The van der Waals surface area contributed by atoms with Gasteiger partial charge in [-0.25, -0.2) is 9.37 Å². The summed E-state index contributed by atoms with van der Waals surface area (Å²) in [6.45, 7) is 7.39. The van der Waals surface area contributed by atoms with Crippen LogP contribution in [0.4, 0.5) is 26.0 Å². The number of aryl methyl sites for hydroxylation is 1. The van der Waals surface area contributed by atoms with Crippen LogP contribution in [0.15, 0.2) is 60.7 Å². The summed E-state index contributed by atoms with van der Waals surface area (Å²) in [6, 6.07) is 14.4. The van der Waals surface area contributed by atoms with E-state index < -0.39 is 11.8 Å². The number of hydrogen-bond acceptors (Lipinski definition) is 5. The lowest BCUT2D eigenvalue weighted by Crippen LogP contribution is -2.33. The largest absolute Gasteiger partial charge is 0.305 e. The third-order valence-electron chi connectivity index (χ3n) is 6.85. The van der Waals surface area contributed by atoms with Crippen molar-refractivity contribution < 1.29 is 18.8 Å². The second-order valence-electron chi connectivity index (χ2n) is 9.62. The first-order valence-electron chi connectivity index (χ1n) is 12.4. The van der Waals surface area contributed by atoms with Gasteiger partial charge in [0.05, 0.1) is 11.7 Å². The molecule has 0 saturated carbocycles. The van der Waals surface area contributed by atoms with Crippen LogP contribution in [0, 0.1) is 24.6 Å². The highest BCUT2D eigenvalue weighted by molar-refractivity contribution is 5.94. The lowest BCUT2D eigenvalue weighted by atomic mass is 9.84. The fourth-order valence-corrected chi connectivity index (χ4v) is 4.87. The van der Waals surface area contributed by atoms with Crippen LogP contribution in [0.3, 0.4) is 0 Å². The second-order valence-corrected chi connectivity index (χ2v) is 9.62. The van der Waals surface area contributed by atoms with E-state index in [0.717, 1.165) is 36.5 Å². The Balaban J connectivity index is 1.67. The van der Waals surface area contributed by atoms with E-state index in [2.05, 4.69) is 29.5 Å². The number of carbonyl (C=O) groups excluding carboxylic acids is 1. The zero-order chi connectivity index (χ0) is 26.7. The van der Waals surface area contributed by atoms with E-state index in [1.165, 1.54) is 36.8 Å². The Labute approximate surface area is 216 Å². The van der Waals surface area contributed by atoms with Crippen molar-refractivity contribution in [3.05, 3.63) is 89.1 Å². The molecule has 0 radical (unpaired) electrons. The Kier molecular flexibility index (Phi) is 7.88. The Morgan fingerprint density at radius 1 is 1.14 bits per heavy atom. The fourth-order valence-electron chi connectivity index (χ4n) is 4.87. The Bertz CT molecular complexity index is 1330. The molecule has 0 aliphatic heterocycles. The van der Waals surface area contributed by atoms with Crippen LogP contribution in [-0.4, -0.2) is 16.1 Å². The van der Waals surface area contributed by atoms with Crippen LogP contribution in [0.5, 0.6) is 0 Å². The summed E-state index contributed by atoms with van der Waals surface area (Å²) < 4.78 is 28.7. The van der Waals surface area contributed by atoms with E-state index >= 15 is 4.39 Å². The number of nitrogens with zero attached hydrogens (tertiary/aromatic N) is 3. The van der Waals surface area contributed by atoms with Crippen molar-refractivity contribution in [2.75, 3.05) is 15.5 Å². The summed E-state index contributed by atoms with van der Waals surface area (Å²) in [4.78, 5) is 18.1. The van der Waals surface area contributed by atoms with Crippen LogP contribution in [0.25, 0.3) is 5.57 Å². The number of hydrogen-bond donors (Lipinski definition) is 2. The van der Waals surface area contributed by atoms with Crippen molar-refractivity contribution >= 4 is 28.7 Å².